The maximum absolute atomic E-state index is 12.3. The number of pyridine rings is 1. The van der Waals surface area contributed by atoms with Gasteiger partial charge in [-0.2, -0.15) is 0 Å². The molecule has 1 saturated heterocycles. The van der Waals surface area contributed by atoms with E-state index < -0.39 is 5.60 Å². The number of aryl methyl sites for hydroxylation is 2. The number of hydrogen-bond acceptors (Lipinski definition) is 7. The van der Waals surface area contributed by atoms with Crippen LogP contribution < -0.4 is 9.64 Å². The largest absolute Gasteiger partial charge is 0.495 e. The second-order valence-electron chi connectivity index (χ2n) is 10.6. The summed E-state index contributed by atoms with van der Waals surface area (Å²) >= 11 is 0. The van der Waals surface area contributed by atoms with Crippen molar-refractivity contribution in [3.63, 3.8) is 0 Å². The number of methoxy groups -OCH3 is 1. The van der Waals surface area contributed by atoms with E-state index in [0.717, 1.165) is 43.2 Å². The van der Waals surface area contributed by atoms with Crippen LogP contribution in [0.5, 0.6) is 5.75 Å². The van der Waals surface area contributed by atoms with Gasteiger partial charge in [0.2, 0.25) is 0 Å². The second-order valence-corrected chi connectivity index (χ2v) is 10.6. The van der Waals surface area contributed by atoms with Crippen LogP contribution in [0.4, 0.5) is 10.6 Å². The molecule has 1 saturated carbocycles. The lowest BCUT2D eigenvalue weighted by Gasteiger charge is -2.37. The third kappa shape index (κ3) is 8.17. The van der Waals surface area contributed by atoms with Gasteiger partial charge in [0, 0.05) is 37.9 Å². The van der Waals surface area contributed by atoms with E-state index in [4.69, 9.17) is 9.47 Å². The first-order chi connectivity index (χ1) is 17.7. The summed E-state index contributed by atoms with van der Waals surface area (Å²) in [6.45, 7) is 14.8. The average Bonchev–Trinajstić information content (AvgIpc) is 3.71. The Hall–Kier alpha value is -3.16. The lowest BCUT2D eigenvalue weighted by molar-refractivity contribution is 0.0240. The van der Waals surface area contributed by atoms with Gasteiger partial charge in [0.15, 0.2) is 0 Å². The molecule has 2 aromatic heterocycles. The maximum Gasteiger partial charge on any atom is 0.410 e. The summed E-state index contributed by atoms with van der Waals surface area (Å²) in [6, 6.07) is 2.02. The van der Waals surface area contributed by atoms with Crippen LogP contribution in [-0.4, -0.2) is 64.8 Å². The van der Waals surface area contributed by atoms with Gasteiger partial charge in [-0.1, -0.05) is 19.4 Å². The molecule has 3 heterocycles. The smallest absolute Gasteiger partial charge is 0.410 e. The summed E-state index contributed by atoms with van der Waals surface area (Å²) in [7, 11) is 1.66. The quantitative estimate of drug-likeness (QED) is 0.494. The van der Waals surface area contributed by atoms with Gasteiger partial charge in [-0.25, -0.2) is 14.8 Å². The summed E-state index contributed by atoms with van der Waals surface area (Å²) < 4.78 is 10.5. The molecule has 37 heavy (non-hydrogen) atoms. The number of nitrogens with zero attached hydrogens (tertiary/aromatic N) is 5. The number of carbonyl (C=O) groups excluding carboxylic acids is 1. The van der Waals surface area contributed by atoms with Gasteiger partial charge < -0.3 is 19.3 Å². The second kappa shape index (κ2) is 12.9. The van der Waals surface area contributed by atoms with Crippen LogP contribution in [0, 0.1) is 12.8 Å². The number of piperazine rings is 1. The predicted octanol–water partition coefficient (Wildman–Crippen LogP) is 5.70. The molecule has 2 fully saturated rings. The number of allylic oxidation sites excluding steroid dienone is 2. The molecule has 0 spiro atoms. The number of ether oxygens (including phenoxy) is 2. The molecule has 0 bridgehead atoms. The van der Waals surface area contributed by atoms with E-state index >= 15 is 0 Å². The minimum atomic E-state index is -0.462. The first kappa shape index (κ1) is 28.4. The van der Waals surface area contributed by atoms with E-state index in [2.05, 4.69) is 46.7 Å². The topological polar surface area (TPSA) is 80.7 Å². The number of anilines is 1. The summed E-state index contributed by atoms with van der Waals surface area (Å²) in [5.41, 5.74) is 4.36. The molecule has 8 nitrogen and oxygen atoms in total. The fourth-order valence-electron chi connectivity index (χ4n) is 4.45. The van der Waals surface area contributed by atoms with Crippen molar-refractivity contribution in [2.75, 3.05) is 38.2 Å². The molecule has 0 N–H and O–H groups in total. The first-order valence-corrected chi connectivity index (χ1v) is 13.4. The fourth-order valence-corrected chi connectivity index (χ4v) is 4.45. The number of aromatic nitrogens is 3. The number of hydrogen-bond donors (Lipinski definition) is 0. The summed E-state index contributed by atoms with van der Waals surface area (Å²) in [6.07, 6.45) is 11.9. The molecule has 1 aliphatic heterocycles. The molecule has 1 amide bonds. The lowest BCUT2D eigenvalue weighted by atomic mass is 9.99. The van der Waals surface area contributed by atoms with E-state index in [-0.39, 0.29) is 6.09 Å². The number of rotatable bonds is 6. The van der Waals surface area contributed by atoms with Gasteiger partial charge in [-0.15, -0.1) is 0 Å². The van der Waals surface area contributed by atoms with E-state index in [9.17, 15) is 4.79 Å². The van der Waals surface area contributed by atoms with Crippen molar-refractivity contribution in [2.24, 2.45) is 5.92 Å². The highest BCUT2D eigenvalue weighted by Crippen LogP contribution is 2.44. The summed E-state index contributed by atoms with van der Waals surface area (Å²) in [4.78, 5) is 29.4. The highest BCUT2D eigenvalue weighted by atomic mass is 16.6. The molecule has 4 rings (SSSR count). The Kier molecular flexibility index (Phi) is 9.89. The lowest BCUT2D eigenvalue weighted by Crippen LogP contribution is -2.50. The van der Waals surface area contributed by atoms with Crippen LogP contribution in [0.1, 0.15) is 70.7 Å². The maximum atomic E-state index is 12.3. The normalized spacial score (nSPS) is 16.1. The number of amides is 1. The van der Waals surface area contributed by atoms with Crippen molar-refractivity contribution in [3.8, 4) is 5.75 Å². The molecule has 0 atom stereocenters. The Morgan fingerprint density at radius 3 is 2.41 bits per heavy atom. The van der Waals surface area contributed by atoms with E-state index in [1.54, 1.807) is 24.5 Å². The van der Waals surface area contributed by atoms with Crippen molar-refractivity contribution in [1.29, 1.82) is 0 Å². The zero-order valence-corrected chi connectivity index (χ0v) is 23.6. The van der Waals surface area contributed by atoms with Crippen molar-refractivity contribution in [2.45, 2.75) is 72.8 Å². The molecule has 1 aliphatic carbocycles. The van der Waals surface area contributed by atoms with Crippen LogP contribution >= 0.6 is 0 Å². The highest BCUT2D eigenvalue weighted by Gasteiger charge is 2.32. The SMILES string of the molecule is C/C=C(\c1c(C)ncnc1N1CCN(C(=O)OC(C)(C)C)CC1)C1CC1.CCCc1cncc(OC)c1. The summed E-state index contributed by atoms with van der Waals surface area (Å²) in [5.74, 6) is 2.49. The Morgan fingerprint density at radius 2 is 1.84 bits per heavy atom. The van der Waals surface area contributed by atoms with Crippen molar-refractivity contribution < 1.29 is 14.3 Å². The molecule has 2 aliphatic rings. The Labute approximate surface area is 222 Å². The minimum Gasteiger partial charge on any atom is -0.495 e. The predicted molar refractivity (Wildman–Crippen MR) is 148 cm³/mol. The van der Waals surface area contributed by atoms with Crippen molar-refractivity contribution in [1.82, 2.24) is 19.9 Å². The zero-order chi connectivity index (χ0) is 27.0. The number of carbonyl (C=O) groups is 1. The minimum absolute atomic E-state index is 0.233. The molecule has 0 aromatic carbocycles. The highest BCUT2D eigenvalue weighted by molar-refractivity contribution is 5.78. The zero-order valence-electron chi connectivity index (χ0n) is 23.6. The standard InChI is InChI=1S/C20H30N4O2.C9H13NO/c1-6-16(15-7-8-15)17-14(2)21-13-22-18(17)23-9-11-24(12-10-23)19(25)26-20(3,4)5;1-3-4-8-5-9(11-2)7-10-6-8/h6,13,15H,7-12H2,1-5H3;5-7H,3-4H2,1-2H3/b16-6-;. The molecule has 8 heteroatoms. The average molecular weight is 510 g/mol. The van der Waals surface area contributed by atoms with E-state index in [0.29, 0.717) is 19.0 Å². The molecular weight excluding hydrogens is 466 g/mol. The Morgan fingerprint density at radius 1 is 1.14 bits per heavy atom. The molecule has 2 aromatic rings. The van der Waals surface area contributed by atoms with Crippen LogP contribution in [0.25, 0.3) is 5.57 Å². The van der Waals surface area contributed by atoms with Crippen LogP contribution in [-0.2, 0) is 11.2 Å². The molecule has 0 radical (unpaired) electrons. The monoisotopic (exact) mass is 509 g/mol. The Balaban J connectivity index is 0.000000289. The molecule has 0 unspecified atom stereocenters. The van der Waals surface area contributed by atoms with E-state index in [1.807, 2.05) is 33.0 Å². The van der Waals surface area contributed by atoms with Crippen LogP contribution in [0.15, 0.2) is 30.9 Å². The first-order valence-electron chi connectivity index (χ1n) is 13.4. The van der Waals surface area contributed by atoms with Gasteiger partial charge in [0.1, 0.15) is 23.5 Å². The fraction of sp³-hybridized carbons (Fsp3) is 0.586. The molecular formula is C29H43N5O3. The van der Waals surface area contributed by atoms with Gasteiger partial charge in [0.25, 0.3) is 0 Å². The van der Waals surface area contributed by atoms with Crippen molar-refractivity contribution >= 4 is 17.5 Å². The Bertz CT molecular complexity index is 1070. The van der Waals surface area contributed by atoms with Gasteiger partial charge in [0.05, 0.1) is 19.0 Å². The van der Waals surface area contributed by atoms with Crippen LogP contribution in [0.2, 0.25) is 0 Å². The van der Waals surface area contributed by atoms with Crippen LogP contribution in [0.3, 0.4) is 0 Å². The van der Waals surface area contributed by atoms with E-state index in [1.165, 1.54) is 29.5 Å². The van der Waals surface area contributed by atoms with Gasteiger partial charge in [-0.05, 0) is 77.0 Å². The van der Waals surface area contributed by atoms with Crippen molar-refractivity contribution in [3.05, 3.63) is 47.7 Å². The molecule has 202 valence electrons. The third-order valence-electron chi connectivity index (χ3n) is 6.41. The van der Waals surface area contributed by atoms with Gasteiger partial charge >= 0.3 is 6.09 Å². The van der Waals surface area contributed by atoms with Gasteiger partial charge in [-0.3, -0.25) is 4.98 Å². The third-order valence-corrected chi connectivity index (χ3v) is 6.41. The summed E-state index contributed by atoms with van der Waals surface area (Å²) in [5, 5.41) is 0.